The Balaban J connectivity index is 1.96. The Morgan fingerprint density at radius 2 is 1.67 bits per heavy atom. The van der Waals surface area contributed by atoms with Crippen molar-refractivity contribution in [2.75, 3.05) is 20.1 Å². The van der Waals surface area contributed by atoms with Crippen molar-refractivity contribution in [2.45, 2.75) is 137 Å². The summed E-state index contributed by atoms with van der Waals surface area (Å²) in [5.74, 6) is -4.27. The van der Waals surface area contributed by atoms with Crippen LogP contribution in [0.2, 0.25) is 0 Å². The van der Waals surface area contributed by atoms with Gasteiger partial charge in [0, 0.05) is 36.9 Å². The Morgan fingerprint density at radius 1 is 0.982 bits per heavy atom. The quantitative estimate of drug-likeness (QED) is 0.125. The number of thiazole rings is 1. The van der Waals surface area contributed by atoms with Crippen molar-refractivity contribution >= 4 is 46.9 Å². The number of hydrogen-bond donors (Lipinski definition) is 4. The van der Waals surface area contributed by atoms with E-state index < -0.39 is 53.9 Å². The predicted octanol–water partition coefficient (Wildman–Crippen LogP) is 4.98. The molecule has 0 spiro atoms. The van der Waals surface area contributed by atoms with E-state index in [0.717, 1.165) is 36.3 Å². The van der Waals surface area contributed by atoms with Crippen molar-refractivity contribution in [1.29, 1.82) is 0 Å². The molecule has 15 heteroatoms. The fourth-order valence-electron chi connectivity index (χ4n) is 7.20. The summed E-state index contributed by atoms with van der Waals surface area (Å²) in [5.41, 5.74) is 1.01. The van der Waals surface area contributed by atoms with E-state index in [1.165, 1.54) is 11.8 Å². The first-order valence-electron chi connectivity index (χ1n) is 20.2. The minimum atomic E-state index is -0.982. The first kappa shape index (κ1) is 47.0. The van der Waals surface area contributed by atoms with E-state index >= 15 is 0 Å². The molecule has 0 aliphatic carbocycles. The van der Waals surface area contributed by atoms with Gasteiger partial charge in [0.25, 0.3) is 5.91 Å². The number of likely N-dealkylation sites (N-methyl/N-ethyl adjacent to an activating group) is 1. The molecule has 0 saturated carbocycles. The molecule has 3 rings (SSSR count). The number of rotatable bonds is 21. The number of piperidine rings is 1. The van der Waals surface area contributed by atoms with Crippen LogP contribution >= 0.6 is 11.3 Å². The van der Waals surface area contributed by atoms with Crippen LogP contribution in [0.4, 0.5) is 0 Å². The number of nitrogens with zero attached hydrogens (tertiary/aromatic N) is 3. The Kier molecular flexibility index (Phi) is 18.6. The molecule has 4 N–H and O–H groups in total. The molecule has 1 aromatic carbocycles. The number of ether oxygens (including phenoxy) is 1. The first-order valence-corrected chi connectivity index (χ1v) is 21.1. The van der Waals surface area contributed by atoms with Crippen molar-refractivity contribution in [3.63, 3.8) is 0 Å². The molecule has 316 valence electrons. The van der Waals surface area contributed by atoms with Gasteiger partial charge >= 0.3 is 11.9 Å². The fourth-order valence-corrected chi connectivity index (χ4v) is 8.03. The van der Waals surface area contributed by atoms with E-state index in [1.54, 1.807) is 12.3 Å². The number of benzene rings is 1. The van der Waals surface area contributed by atoms with Crippen LogP contribution in [0.15, 0.2) is 35.7 Å². The van der Waals surface area contributed by atoms with Crippen LogP contribution in [0.3, 0.4) is 0 Å². The molecule has 0 unspecified atom stereocenters. The van der Waals surface area contributed by atoms with Gasteiger partial charge in [-0.15, -0.1) is 11.3 Å². The number of amides is 4. The molecule has 1 aliphatic heterocycles. The molecule has 2 heterocycles. The van der Waals surface area contributed by atoms with Crippen LogP contribution < -0.4 is 16.0 Å². The summed E-state index contributed by atoms with van der Waals surface area (Å²) in [6.07, 6.45) is 2.88. The smallest absolute Gasteiger partial charge is 0.306 e. The number of carboxylic acids is 1. The highest BCUT2D eigenvalue weighted by atomic mass is 32.1. The zero-order chi connectivity index (χ0) is 42.4. The Labute approximate surface area is 341 Å². The summed E-state index contributed by atoms with van der Waals surface area (Å²) in [6, 6.07) is 6.83. The number of aliphatic carboxylic acids is 1. The first-order chi connectivity index (χ1) is 26.9. The fraction of sp³-hybridized carbons (Fsp3) is 0.643. The average molecular weight is 813 g/mol. The van der Waals surface area contributed by atoms with Gasteiger partial charge < -0.3 is 30.7 Å². The van der Waals surface area contributed by atoms with Gasteiger partial charge in [-0.05, 0) is 70.5 Å². The number of carbonyl (C=O) groups is 6. The largest absolute Gasteiger partial charge is 0.481 e. The van der Waals surface area contributed by atoms with Crippen LogP contribution in [-0.4, -0.2) is 106 Å². The summed E-state index contributed by atoms with van der Waals surface area (Å²) in [6.45, 7) is 14.7. The number of aromatic nitrogens is 1. The van der Waals surface area contributed by atoms with Crippen molar-refractivity contribution in [1.82, 2.24) is 30.7 Å². The van der Waals surface area contributed by atoms with Crippen molar-refractivity contribution in [2.24, 2.45) is 17.8 Å². The van der Waals surface area contributed by atoms with Crippen molar-refractivity contribution < 1.29 is 38.6 Å². The molecule has 7 atom stereocenters. The standard InChI is InChI=1S/C42H64N6O8S/c1-10-27(6)37(46-39(52)33-18-14-15-19-47(33)9)41(53)48(23-36(50)43-26(4)5)34(25(2)3)22-35(56-29(8)49)40-45-32(24-57-40)38(51)44-31(20-28(7)42(54)55)21-30-16-12-11-13-17-30/h11-13,16-17,24-28,31,33-35,37H,10,14-15,18-23H2,1-9H3,(H,43,50)(H,44,51)(H,46,52)(H,54,55)/t27-,28-,31+,33+,34+,35+,37-/m0/s1. The third kappa shape index (κ3) is 14.5. The number of carboxylic acid groups (broad SMARTS) is 1. The van der Waals surface area contributed by atoms with Crippen LogP contribution in [0.1, 0.15) is 121 Å². The SMILES string of the molecule is CC[C@H](C)[C@H](NC(=O)[C@H]1CCCCN1C)C(=O)N(CC(=O)NC(C)C)[C@H](C[C@@H](OC(C)=O)c1nc(C(=O)N[C@@H](Cc2ccccc2)C[C@H](C)C(=O)O)cs1)C(C)C. The zero-order valence-corrected chi connectivity index (χ0v) is 35.9. The lowest BCUT2D eigenvalue weighted by Crippen LogP contribution is -2.60. The Hall–Kier alpha value is -4.37. The van der Waals surface area contributed by atoms with Crippen LogP contribution in [0.5, 0.6) is 0 Å². The normalized spacial score (nSPS) is 17.8. The molecule has 4 amide bonds. The minimum absolute atomic E-state index is 0.0613. The van der Waals surface area contributed by atoms with E-state index in [1.807, 2.05) is 83.8 Å². The highest BCUT2D eigenvalue weighted by molar-refractivity contribution is 7.09. The van der Waals surface area contributed by atoms with Crippen molar-refractivity contribution in [3.8, 4) is 0 Å². The van der Waals surface area contributed by atoms with Crippen LogP contribution in [0.25, 0.3) is 0 Å². The lowest BCUT2D eigenvalue weighted by molar-refractivity contribution is -0.151. The number of nitrogens with one attached hydrogen (secondary N) is 3. The third-order valence-electron chi connectivity index (χ3n) is 10.6. The lowest BCUT2D eigenvalue weighted by atomic mass is 9.92. The molecule has 14 nitrogen and oxygen atoms in total. The number of carbonyl (C=O) groups excluding carboxylic acids is 5. The highest BCUT2D eigenvalue weighted by Crippen LogP contribution is 2.32. The van der Waals surface area contributed by atoms with Gasteiger partial charge in [0.1, 0.15) is 16.7 Å². The Morgan fingerprint density at radius 3 is 2.25 bits per heavy atom. The topological polar surface area (TPSA) is 187 Å². The van der Waals surface area contributed by atoms with Crippen LogP contribution in [-0.2, 0) is 35.1 Å². The van der Waals surface area contributed by atoms with Gasteiger partial charge in [-0.2, -0.15) is 0 Å². The molecule has 2 aromatic rings. The van der Waals surface area contributed by atoms with E-state index in [9.17, 15) is 33.9 Å². The second-order valence-electron chi connectivity index (χ2n) is 16.1. The molecule has 0 radical (unpaired) electrons. The van der Waals surface area contributed by atoms with E-state index in [-0.39, 0.29) is 60.8 Å². The minimum Gasteiger partial charge on any atom is -0.481 e. The molecular weight excluding hydrogens is 749 g/mol. The number of likely N-dealkylation sites (tertiary alicyclic amines) is 1. The average Bonchev–Trinajstić information content (AvgIpc) is 3.65. The summed E-state index contributed by atoms with van der Waals surface area (Å²) in [5, 5.41) is 20.4. The Bertz CT molecular complexity index is 1650. The number of hydrogen-bond acceptors (Lipinski definition) is 10. The zero-order valence-electron chi connectivity index (χ0n) is 35.1. The van der Waals surface area contributed by atoms with Gasteiger partial charge in [0.2, 0.25) is 17.7 Å². The monoisotopic (exact) mass is 812 g/mol. The maximum Gasteiger partial charge on any atom is 0.306 e. The summed E-state index contributed by atoms with van der Waals surface area (Å²) in [4.78, 5) is 87.9. The van der Waals surface area contributed by atoms with Gasteiger partial charge in [-0.3, -0.25) is 33.7 Å². The van der Waals surface area contributed by atoms with Gasteiger partial charge in [-0.25, -0.2) is 4.98 Å². The van der Waals surface area contributed by atoms with E-state index in [0.29, 0.717) is 24.3 Å². The van der Waals surface area contributed by atoms with Crippen molar-refractivity contribution in [3.05, 3.63) is 52.0 Å². The molecule has 1 aromatic heterocycles. The van der Waals surface area contributed by atoms with E-state index in [2.05, 4.69) is 20.9 Å². The maximum atomic E-state index is 14.8. The summed E-state index contributed by atoms with van der Waals surface area (Å²) in [7, 11) is 1.91. The lowest BCUT2D eigenvalue weighted by Gasteiger charge is -2.40. The molecule has 1 fully saturated rings. The molecule has 1 aliphatic rings. The molecule has 0 bridgehead atoms. The highest BCUT2D eigenvalue weighted by Gasteiger charge is 2.39. The molecule has 1 saturated heterocycles. The number of esters is 1. The van der Waals surface area contributed by atoms with Gasteiger partial charge in [-0.1, -0.05) is 77.8 Å². The van der Waals surface area contributed by atoms with Gasteiger partial charge in [0.15, 0.2) is 6.10 Å². The maximum absolute atomic E-state index is 14.8. The summed E-state index contributed by atoms with van der Waals surface area (Å²) < 4.78 is 5.83. The van der Waals surface area contributed by atoms with Gasteiger partial charge in [0.05, 0.1) is 18.5 Å². The third-order valence-corrected chi connectivity index (χ3v) is 11.5. The summed E-state index contributed by atoms with van der Waals surface area (Å²) >= 11 is 1.13. The van der Waals surface area contributed by atoms with Crippen LogP contribution in [0, 0.1) is 17.8 Å². The van der Waals surface area contributed by atoms with E-state index in [4.69, 9.17) is 4.74 Å². The second-order valence-corrected chi connectivity index (χ2v) is 17.0. The molecular formula is C42H64N6O8S. The predicted molar refractivity (Wildman–Crippen MR) is 219 cm³/mol. The molecule has 57 heavy (non-hydrogen) atoms. The second kappa shape index (κ2) is 22.5.